The maximum atomic E-state index is 6.15. The van der Waals surface area contributed by atoms with E-state index in [-0.39, 0.29) is 6.04 Å². The summed E-state index contributed by atoms with van der Waals surface area (Å²) in [6.07, 6.45) is 2.84. The van der Waals surface area contributed by atoms with Crippen molar-refractivity contribution in [3.63, 3.8) is 0 Å². The van der Waals surface area contributed by atoms with E-state index >= 15 is 0 Å². The lowest BCUT2D eigenvalue weighted by molar-refractivity contribution is 0.441. The zero-order valence-corrected chi connectivity index (χ0v) is 11.4. The Balaban J connectivity index is 2.25. The number of hydrogen-bond donors (Lipinski definition) is 2. The van der Waals surface area contributed by atoms with E-state index in [0.717, 1.165) is 28.5 Å². The first-order chi connectivity index (χ1) is 8.61. The number of nitrogens with two attached hydrogens (primary N) is 1. The molecule has 3 nitrogen and oxygen atoms in total. The molecule has 18 heavy (non-hydrogen) atoms. The van der Waals surface area contributed by atoms with Crippen LogP contribution in [-0.4, -0.2) is 9.97 Å². The standard InChI is InChI=1S/C14H18ClN3/c1-3-9(2)13(16)14-17-8-12(18-14)10-5-4-6-11(15)7-10/h4-9,13H,3,16H2,1-2H3,(H,17,18). The largest absolute Gasteiger partial charge is 0.341 e. The second kappa shape index (κ2) is 5.55. The van der Waals surface area contributed by atoms with Crippen LogP contribution in [0.25, 0.3) is 11.3 Å². The van der Waals surface area contributed by atoms with Gasteiger partial charge in [-0.3, -0.25) is 0 Å². The molecule has 4 heteroatoms. The maximum Gasteiger partial charge on any atom is 0.123 e. The number of H-pyrrole nitrogens is 1. The molecule has 1 heterocycles. The maximum absolute atomic E-state index is 6.15. The molecule has 1 aromatic heterocycles. The van der Waals surface area contributed by atoms with Gasteiger partial charge in [0, 0.05) is 10.6 Å². The summed E-state index contributed by atoms with van der Waals surface area (Å²) < 4.78 is 0. The van der Waals surface area contributed by atoms with Crippen LogP contribution in [0, 0.1) is 5.92 Å². The quantitative estimate of drug-likeness (QED) is 0.882. The predicted molar refractivity (Wildman–Crippen MR) is 75.4 cm³/mol. The summed E-state index contributed by atoms with van der Waals surface area (Å²) in [5.41, 5.74) is 8.13. The summed E-state index contributed by atoms with van der Waals surface area (Å²) in [5.74, 6) is 1.24. The molecule has 0 amide bonds. The Morgan fingerprint density at radius 3 is 2.89 bits per heavy atom. The van der Waals surface area contributed by atoms with E-state index in [0.29, 0.717) is 5.92 Å². The van der Waals surface area contributed by atoms with Gasteiger partial charge in [-0.25, -0.2) is 4.98 Å². The number of halogens is 1. The first kappa shape index (κ1) is 13.1. The van der Waals surface area contributed by atoms with E-state index < -0.39 is 0 Å². The third kappa shape index (κ3) is 2.74. The van der Waals surface area contributed by atoms with Crippen LogP contribution >= 0.6 is 11.6 Å². The van der Waals surface area contributed by atoms with Crippen molar-refractivity contribution in [3.8, 4) is 11.3 Å². The Hall–Kier alpha value is -1.32. The summed E-state index contributed by atoms with van der Waals surface area (Å²) in [4.78, 5) is 7.64. The van der Waals surface area contributed by atoms with Gasteiger partial charge in [0.25, 0.3) is 0 Å². The van der Waals surface area contributed by atoms with Crippen LogP contribution in [-0.2, 0) is 0 Å². The summed E-state index contributed by atoms with van der Waals surface area (Å²) >= 11 is 5.98. The zero-order chi connectivity index (χ0) is 13.1. The van der Waals surface area contributed by atoms with Crippen LogP contribution < -0.4 is 5.73 Å². The number of imidazole rings is 1. The van der Waals surface area contributed by atoms with Crippen molar-refractivity contribution in [2.45, 2.75) is 26.3 Å². The molecule has 2 rings (SSSR count). The van der Waals surface area contributed by atoms with Crippen molar-refractivity contribution in [1.82, 2.24) is 9.97 Å². The zero-order valence-electron chi connectivity index (χ0n) is 10.7. The van der Waals surface area contributed by atoms with E-state index in [4.69, 9.17) is 17.3 Å². The second-order valence-corrected chi connectivity index (χ2v) is 5.04. The van der Waals surface area contributed by atoms with Gasteiger partial charge in [0.05, 0.1) is 17.9 Å². The topological polar surface area (TPSA) is 54.7 Å². The minimum absolute atomic E-state index is 0.0528. The fourth-order valence-corrected chi connectivity index (χ4v) is 2.02. The van der Waals surface area contributed by atoms with E-state index in [2.05, 4.69) is 23.8 Å². The number of rotatable bonds is 4. The van der Waals surface area contributed by atoms with Gasteiger partial charge in [-0.1, -0.05) is 44.0 Å². The van der Waals surface area contributed by atoms with Crippen molar-refractivity contribution in [3.05, 3.63) is 41.3 Å². The molecule has 0 radical (unpaired) electrons. The van der Waals surface area contributed by atoms with Gasteiger partial charge in [-0.15, -0.1) is 0 Å². The van der Waals surface area contributed by atoms with Gasteiger partial charge < -0.3 is 10.7 Å². The fraction of sp³-hybridized carbons (Fsp3) is 0.357. The normalized spacial score (nSPS) is 14.4. The molecular formula is C14H18ClN3. The molecule has 2 aromatic rings. The molecule has 0 aliphatic carbocycles. The monoisotopic (exact) mass is 263 g/mol. The Kier molecular flexibility index (Phi) is 4.04. The Morgan fingerprint density at radius 1 is 1.44 bits per heavy atom. The molecule has 0 bridgehead atoms. The summed E-state index contributed by atoms with van der Waals surface area (Å²) in [7, 11) is 0. The van der Waals surface area contributed by atoms with Gasteiger partial charge in [0.15, 0.2) is 0 Å². The highest BCUT2D eigenvalue weighted by Gasteiger charge is 2.16. The van der Waals surface area contributed by atoms with E-state index in [1.54, 1.807) is 0 Å². The first-order valence-corrected chi connectivity index (χ1v) is 6.56. The highest BCUT2D eigenvalue weighted by molar-refractivity contribution is 6.30. The molecule has 0 saturated heterocycles. The SMILES string of the molecule is CCC(C)C(N)c1ncc(-c2cccc(Cl)c2)[nH]1. The average Bonchev–Trinajstić information content (AvgIpc) is 2.86. The van der Waals surface area contributed by atoms with Crippen LogP contribution in [0.1, 0.15) is 32.1 Å². The van der Waals surface area contributed by atoms with Crippen LogP contribution in [0.2, 0.25) is 5.02 Å². The van der Waals surface area contributed by atoms with Gasteiger partial charge in [-0.05, 0) is 18.1 Å². The lowest BCUT2D eigenvalue weighted by Gasteiger charge is -2.15. The number of nitrogens with one attached hydrogen (secondary N) is 1. The molecule has 96 valence electrons. The molecule has 0 aliphatic heterocycles. The van der Waals surface area contributed by atoms with Crippen molar-refractivity contribution in [1.29, 1.82) is 0 Å². The Labute approximate surface area is 112 Å². The highest BCUT2D eigenvalue weighted by atomic mass is 35.5. The van der Waals surface area contributed by atoms with Crippen LogP contribution in [0.15, 0.2) is 30.5 Å². The van der Waals surface area contributed by atoms with E-state index in [9.17, 15) is 0 Å². The lowest BCUT2D eigenvalue weighted by Crippen LogP contribution is -2.19. The average molecular weight is 264 g/mol. The van der Waals surface area contributed by atoms with Crippen molar-refractivity contribution >= 4 is 11.6 Å². The van der Waals surface area contributed by atoms with Gasteiger partial charge in [-0.2, -0.15) is 0 Å². The Morgan fingerprint density at radius 2 is 2.22 bits per heavy atom. The molecule has 2 unspecified atom stereocenters. The third-order valence-electron chi connectivity index (χ3n) is 3.30. The molecule has 3 N–H and O–H groups in total. The third-order valence-corrected chi connectivity index (χ3v) is 3.54. The lowest BCUT2D eigenvalue weighted by atomic mass is 10.00. The number of hydrogen-bond acceptors (Lipinski definition) is 2. The molecule has 0 fully saturated rings. The van der Waals surface area contributed by atoms with Crippen LogP contribution in [0.5, 0.6) is 0 Å². The molecule has 2 atom stereocenters. The number of benzene rings is 1. The predicted octanol–water partition coefficient (Wildman–Crippen LogP) is 3.78. The van der Waals surface area contributed by atoms with Crippen molar-refractivity contribution < 1.29 is 0 Å². The Bertz CT molecular complexity index is 521. The smallest absolute Gasteiger partial charge is 0.123 e. The molecule has 0 saturated carbocycles. The second-order valence-electron chi connectivity index (χ2n) is 4.60. The number of nitrogens with zero attached hydrogens (tertiary/aromatic N) is 1. The summed E-state index contributed by atoms with van der Waals surface area (Å²) in [5, 5.41) is 0.717. The molecule has 1 aromatic carbocycles. The van der Waals surface area contributed by atoms with Crippen LogP contribution in [0.3, 0.4) is 0 Å². The van der Waals surface area contributed by atoms with Gasteiger partial charge >= 0.3 is 0 Å². The van der Waals surface area contributed by atoms with Gasteiger partial charge in [0.2, 0.25) is 0 Å². The molecular weight excluding hydrogens is 246 g/mol. The molecule has 0 aliphatic rings. The van der Waals surface area contributed by atoms with Crippen molar-refractivity contribution in [2.75, 3.05) is 0 Å². The van der Waals surface area contributed by atoms with Crippen molar-refractivity contribution in [2.24, 2.45) is 11.7 Å². The minimum Gasteiger partial charge on any atom is -0.341 e. The fourth-order valence-electron chi connectivity index (χ4n) is 1.83. The van der Waals surface area contributed by atoms with E-state index in [1.165, 1.54) is 0 Å². The minimum atomic E-state index is -0.0528. The summed E-state index contributed by atoms with van der Waals surface area (Å²) in [6, 6.07) is 7.63. The van der Waals surface area contributed by atoms with E-state index in [1.807, 2.05) is 30.5 Å². The molecule has 0 spiro atoms. The summed E-state index contributed by atoms with van der Waals surface area (Å²) in [6.45, 7) is 4.26. The highest BCUT2D eigenvalue weighted by Crippen LogP contribution is 2.24. The number of aromatic nitrogens is 2. The van der Waals surface area contributed by atoms with Crippen LogP contribution in [0.4, 0.5) is 0 Å². The number of aromatic amines is 1. The van der Waals surface area contributed by atoms with Gasteiger partial charge in [0.1, 0.15) is 5.82 Å². The first-order valence-electron chi connectivity index (χ1n) is 6.18.